The molecule has 0 spiro atoms. The lowest BCUT2D eigenvalue weighted by molar-refractivity contribution is 0.789. The molecule has 0 amide bonds. The second-order valence-corrected chi connectivity index (χ2v) is 2.38. The van der Waals surface area contributed by atoms with Crippen LogP contribution in [-0.2, 0) is 0 Å². The standard InChI is InChI=1S/C10H14/c1-4-6-7-8-9-10(3)5-2/h2,10H,4,6,9H2,1,3H3. The summed E-state index contributed by atoms with van der Waals surface area (Å²) in [4.78, 5) is 0. The van der Waals surface area contributed by atoms with Gasteiger partial charge in [-0.25, -0.2) is 0 Å². The smallest absolute Gasteiger partial charge is 0.0281 e. The molecule has 54 valence electrons. The third kappa shape index (κ3) is 5.26. The van der Waals surface area contributed by atoms with Crippen LogP contribution in [0.2, 0.25) is 0 Å². The molecule has 1 atom stereocenters. The molecule has 0 aliphatic rings. The van der Waals surface area contributed by atoms with Crippen LogP contribution in [0.1, 0.15) is 33.1 Å². The molecule has 0 heteroatoms. The number of hydrogen-bond acceptors (Lipinski definition) is 0. The minimum absolute atomic E-state index is 0.310. The molecule has 0 aliphatic carbocycles. The van der Waals surface area contributed by atoms with Crippen LogP contribution in [-0.4, -0.2) is 0 Å². The van der Waals surface area contributed by atoms with E-state index in [0.29, 0.717) is 5.92 Å². The van der Waals surface area contributed by atoms with Gasteiger partial charge in [0, 0.05) is 18.8 Å². The van der Waals surface area contributed by atoms with Crippen LogP contribution in [0.25, 0.3) is 0 Å². The summed E-state index contributed by atoms with van der Waals surface area (Å²) >= 11 is 0. The van der Waals surface area contributed by atoms with E-state index in [1.54, 1.807) is 0 Å². The molecule has 0 nitrogen and oxygen atoms in total. The van der Waals surface area contributed by atoms with Gasteiger partial charge in [-0.3, -0.25) is 0 Å². The first-order valence-electron chi connectivity index (χ1n) is 3.73. The van der Waals surface area contributed by atoms with Crippen LogP contribution in [0.3, 0.4) is 0 Å². The molecular weight excluding hydrogens is 120 g/mol. The van der Waals surface area contributed by atoms with Crippen molar-refractivity contribution in [1.82, 2.24) is 0 Å². The van der Waals surface area contributed by atoms with E-state index in [1.807, 2.05) is 6.92 Å². The van der Waals surface area contributed by atoms with Gasteiger partial charge in [0.1, 0.15) is 0 Å². The third-order valence-electron chi connectivity index (χ3n) is 1.19. The molecule has 0 heterocycles. The summed E-state index contributed by atoms with van der Waals surface area (Å²) in [5.41, 5.74) is 0. The average Bonchev–Trinajstić information content (AvgIpc) is 1.98. The lowest BCUT2D eigenvalue weighted by Crippen LogP contribution is -1.85. The Kier molecular flexibility index (Phi) is 5.69. The molecule has 0 radical (unpaired) electrons. The van der Waals surface area contributed by atoms with Crippen molar-refractivity contribution in [2.75, 3.05) is 0 Å². The second-order valence-electron chi connectivity index (χ2n) is 2.38. The molecular formula is C10H14. The van der Waals surface area contributed by atoms with Gasteiger partial charge in [-0.15, -0.1) is 24.2 Å². The molecule has 0 aliphatic heterocycles. The minimum Gasteiger partial charge on any atom is -0.120 e. The van der Waals surface area contributed by atoms with Crippen LogP contribution in [0.15, 0.2) is 0 Å². The number of terminal acetylenes is 1. The Bertz CT molecular complexity index is 161. The van der Waals surface area contributed by atoms with Crippen LogP contribution in [0.5, 0.6) is 0 Å². The van der Waals surface area contributed by atoms with E-state index >= 15 is 0 Å². The first-order valence-corrected chi connectivity index (χ1v) is 3.73. The molecule has 1 unspecified atom stereocenters. The first-order chi connectivity index (χ1) is 4.81. The van der Waals surface area contributed by atoms with E-state index in [1.165, 1.54) is 0 Å². The van der Waals surface area contributed by atoms with E-state index in [0.717, 1.165) is 19.3 Å². The van der Waals surface area contributed by atoms with Gasteiger partial charge < -0.3 is 0 Å². The highest BCUT2D eigenvalue weighted by Crippen LogP contribution is 1.96. The normalized spacial score (nSPS) is 10.9. The summed E-state index contributed by atoms with van der Waals surface area (Å²) < 4.78 is 0. The monoisotopic (exact) mass is 134 g/mol. The number of rotatable bonds is 2. The molecule has 0 saturated heterocycles. The van der Waals surface area contributed by atoms with E-state index in [4.69, 9.17) is 6.42 Å². The van der Waals surface area contributed by atoms with Gasteiger partial charge in [0.2, 0.25) is 0 Å². The number of hydrogen-bond donors (Lipinski definition) is 0. The van der Waals surface area contributed by atoms with Crippen molar-refractivity contribution in [3.8, 4) is 24.2 Å². The lowest BCUT2D eigenvalue weighted by atomic mass is 10.1. The zero-order chi connectivity index (χ0) is 7.82. The van der Waals surface area contributed by atoms with E-state index in [9.17, 15) is 0 Å². The fourth-order valence-electron chi connectivity index (χ4n) is 0.498. The molecule has 10 heavy (non-hydrogen) atoms. The summed E-state index contributed by atoms with van der Waals surface area (Å²) in [7, 11) is 0. The molecule has 0 fully saturated rings. The Hall–Kier alpha value is -0.880. The molecule has 0 bridgehead atoms. The topological polar surface area (TPSA) is 0 Å². The third-order valence-corrected chi connectivity index (χ3v) is 1.19. The van der Waals surface area contributed by atoms with Crippen LogP contribution < -0.4 is 0 Å². The highest BCUT2D eigenvalue weighted by Gasteiger charge is 1.89. The average molecular weight is 134 g/mol. The van der Waals surface area contributed by atoms with Crippen molar-refractivity contribution in [3.05, 3.63) is 0 Å². The molecule has 0 N–H and O–H groups in total. The van der Waals surface area contributed by atoms with Crippen LogP contribution in [0, 0.1) is 30.1 Å². The maximum absolute atomic E-state index is 5.17. The Morgan fingerprint density at radius 2 is 2.10 bits per heavy atom. The van der Waals surface area contributed by atoms with E-state index in [-0.39, 0.29) is 0 Å². The Balaban J connectivity index is 3.38. The highest BCUT2D eigenvalue weighted by atomic mass is 13.9. The zero-order valence-corrected chi connectivity index (χ0v) is 6.78. The fourth-order valence-corrected chi connectivity index (χ4v) is 0.498. The van der Waals surface area contributed by atoms with Crippen LogP contribution >= 0.6 is 0 Å². The summed E-state index contributed by atoms with van der Waals surface area (Å²) in [5, 5.41) is 0. The van der Waals surface area contributed by atoms with Crippen molar-refractivity contribution < 1.29 is 0 Å². The quantitative estimate of drug-likeness (QED) is 0.509. The Morgan fingerprint density at radius 3 is 2.60 bits per heavy atom. The first kappa shape index (κ1) is 9.12. The lowest BCUT2D eigenvalue weighted by Gasteiger charge is -1.92. The molecule has 0 aromatic rings. The van der Waals surface area contributed by atoms with Gasteiger partial charge >= 0.3 is 0 Å². The van der Waals surface area contributed by atoms with Crippen molar-refractivity contribution in [2.24, 2.45) is 5.92 Å². The fraction of sp³-hybridized carbons (Fsp3) is 0.600. The van der Waals surface area contributed by atoms with Gasteiger partial charge in [0.15, 0.2) is 0 Å². The molecule has 0 rings (SSSR count). The minimum atomic E-state index is 0.310. The summed E-state index contributed by atoms with van der Waals surface area (Å²) in [6, 6.07) is 0. The van der Waals surface area contributed by atoms with E-state index in [2.05, 4.69) is 24.7 Å². The van der Waals surface area contributed by atoms with Crippen molar-refractivity contribution in [3.63, 3.8) is 0 Å². The summed E-state index contributed by atoms with van der Waals surface area (Å²) in [6.45, 7) is 4.14. The molecule has 0 saturated carbocycles. The van der Waals surface area contributed by atoms with Crippen molar-refractivity contribution in [1.29, 1.82) is 0 Å². The second kappa shape index (κ2) is 6.24. The molecule has 0 aromatic carbocycles. The summed E-state index contributed by atoms with van der Waals surface area (Å²) in [5.74, 6) is 9.05. The predicted octanol–water partition coefficient (Wildman–Crippen LogP) is 2.45. The SMILES string of the molecule is C#CC(C)CC#CCCC. The Morgan fingerprint density at radius 1 is 1.40 bits per heavy atom. The van der Waals surface area contributed by atoms with Gasteiger partial charge in [0.05, 0.1) is 0 Å². The van der Waals surface area contributed by atoms with Gasteiger partial charge in [0.25, 0.3) is 0 Å². The van der Waals surface area contributed by atoms with E-state index < -0.39 is 0 Å². The van der Waals surface area contributed by atoms with Gasteiger partial charge in [-0.2, -0.15) is 0 Å². The van der Waals surface area contributed by atoms with Crippen molar-refractivity contribution >= 4 is 0 Å². The number of unbranched alkanes of at least 4 members (excludes halogenated alkanes) is 1. The predicted molar refractivity (Wildman–Crippen MR) is 45.3 cm³/mol. The highest BCUT2D eigenvalue weighted by molar-refractivity contribution is 5.04. The van der Waals surface area contributed by atoms with Crippen LogP contribution in [0.4, 0.5) is 0 Å². The molecule has 0 aromatic heterocycles. The largest absolute Gasteiger partial charge is 0.120 e. The van der Waals surface area contributed by atoms with Crippen molar-refractivity contribution in [2.45, 2.75) is 33.1 Å². The maximum Gasteiger partial charge on any atom is 0.0281 e. The van der Waals surface area contributed by atoms with Gasteiger partial charge in [-0.05, 0) is 6.42 Å². The zero-order valence-electron chi connectivity index (χ0n) is 6.78. The van der Waals surface area contributed by atoms with Gasteiger partial charge in [-0.1, -0.05) is 13.8 Å². The Labute approximate surface area is 64.0 Å². The summed E-state index contributed by atoms with van der Waals surface area (Å²) in [6.07, 6.45) is 8.15. The maximum atomic E-state index is 5.17.